The molecule has 0 radical (unpaired) electrons. The zero-order valence-corrected chi connectivity index (χ0v) is 10.5. The number of carbonyl (C=O) groups is 2. The summed E-state index contributed by atoms with van der Waals surface area (Å²) in [5, 5.41) is 2.72. The van der Waals surface area contributed by atoms with Gasteiger partial charge in [0.2, 0.25) is 0 Å². The molecule has 1 amide bonds. The molecular formula is C15H14N2O2. The first-order chi connectivity index (χ1) is 9.08. The molecule has 0 aliphatic carbocycles. The minimum absolute atomic E-state index is 0.143. The fourth-order valence-corrected chi connectivity index (χ4v) is 1.75. The second kappa shape index (κ2) is 5.35. The lowest BCUT2D eigenvalue weighted by Crippen LogP contribution is -2.14. The summed E-state index contributed by atoms with van der Waals surface area (Å²) in [4.78, 5) is 23.5. The third kappa shape index (κ3) is 2.98. The van der Waals surface area contributed by atoms with Gasteiger partial charge in [0.1, 0.15) is 0 Å². The largest absolute Gasteiger partial charge is 0.399 e. The summed E-state index contributed by atoms with van der Waals surface area (Å²) in [5.74, 6) is -0.400. The fourth-order valence-electron chi connectivity index (χ4n) is 1.75. The van der Waals surface area contributed by atoms with E-state index in [1.165, 1.54) is 6.92 Å². The third-order valence-corrected chi connectivity index (χ3v) is 2.71. The fraction of sp³-hybridized carbons (Fsp3) is 0.0667. The lowest BCUT2D eigenvalue weighted by atomic mass is 10.1. The van der Waals surface area contributed by atoms with Crippen molar-refractivity contribution in [2.75, 3.05) is 11.1 Å². The molecule has 0 spiro atoms. The van der Waals surface area contributed by atoms with Gasteiger partial charge in [-0.25, -0.2) is 0 Å². The van der Waals surface area contributed by atoms with Crippen LogP contribution in [-0.4, -0.2) is 11.7 Å². The van der Waals surface area contributed by atoms with E-state index in [1.807, 2.05) is 6.07 Å². The molecule has 0 saturated carbocycles. The van der Waals surface area contributed by atoms with Gasteiger partial charge in [0.25, 0.3) is 5.91 Å². The van der Waals surface area contributed by atoms with E-state index in [1.54, 1.807) is 42.5 Å². The number of ketones is 1. The van der Waals surface area contributed by atoms with Gasteiger partial charge < -0.3 is 11.1 Å². The van der Waals surface area contributed by atoms with E-state index < -0.39 is 0 Å². The lowest BCUT2D eigenvalue weighted by molar-refractivity contribution is 0.101. The van der Waals surface area contributed by atoms with E-state index in [2.05, 4.69) is 5.32 Å². The number of benzene rings is 2. The zero-order valence-electron chi connectivity index (χ0n) is 10.5. The van der Waals surface area contributed by atoms with Gasteiger partial charge in [0.15, 0.2) is 5.78 Å². The minimum atomic E-state index is -0.257. The van der Waals surface area contributed by atoms with Gasteiger partial charge in [-0.1, -0.05) is 18.2 Å². The van der Waals surface area contributed by atoms with Crippen molar-refractivity contribution in [2.24, 2.45) is 0 Å². The summed E-state index contributed by atoms with van der Waals surface area (Å²) in [5.41, 5.74) is 7.54. The van der Waals surface area contributed by atoms with E-state index in [9.17, 15) is 9.59 Å². The number of nitrogens with one attached hydrogen (secondary N) is 1. The molecule has 0 aliphatic rings. The highest BCUT2D eigenvalue weighted by molar-refractivity contribution is 6.09. The summed E-state index contributed by atoms with van der Waals surface area (Å²) in [7, 11) is 0. The Morgan fingerprint density at radius 2 is 1.74 bits per heavy atom. The first kappa shape index (κ1) is 12.8. The molecule has 2 rings (SSSR count). The molecule has 4 nitrogen and oxygen atoms in total. The van der Waals surface area contributed by atoms with Crippen LogP contribution in [0.1, 0.15) is 27.6 Å². The van der Waals surface area contributed by atoms with Crippen molar-refractivity contribution in [3.8, 4) is 0 Å². The number of hydrogen-bond acceptors (Lipinski definition) is 3. The van der Waals surface area contributed by atoms with Crippen LogP contribution in [0.25, 0.3) is 0 Å². The van der Waals surface area contributed by atoms with Gasteiger partial charge in [-0.3, -0.25) is 9.59 Å². The van der Waals surface area contributed by atoms with Crippen molar-refractivity contribution >= 4 is 23.1 Å². The lowest BCUT2D eigenvalue weighted by Gasteiger charge is -2.10. The van der Waals surface area contributed by atoms with Gasteiger partial charge in [0.05, 0.1) is 5.69 Å². The van der Waals surface area contributed by atoms with Crippen LogP contribution in [0.3, 0.4) is 0 Å². The quantitative estimate of drug-likeness (QED) is 0.653. The molecule has 96 valence electrons. The normalized spacial score (nSPS) is 9.95. The maximum absolute atomic E-state index is 12.0. The maximum atomic E-state index is 12.0. The Bertz CT molecular complexity index is 621. The summed E-state index contributed by atoms with van der Waals surface area (Å²) in [6.45, 7) is 1.44. The topological polar surface area (TPSA) is 72.2 Å². The Labute approximate surface area is 111 Å². The van der Waals surface area contributed by atoms with Crippen molar-refractivity contribution in [1.29, 1.82) is 0 Å². The average molecular weight is 254 g/mol. The van der Waals surface area contributed by atoms with Gasteiger partial charge in [0, 0.05) is 16.8 Å². The second-order valence-corrected chi connectivity index (χ2v) is 4.18. The molecule has 2 aromatic rings. The second-order valence-electron chi connectivity index (χ2n) is 4.18. The molecule has 0 heterocycles. The molecular weight excluding hydrogens is 240 g/mol. The average Bonchev–Trinajstić information content (AvgIpc) is 2.41. The first-order valence-electron chi connectivity index (χ1n) is 5.85. The number of Topliss-reactive ketones (excluding diaryl/α,β-unsaturated/α-hetero) is 1. The van der Waals surface area contributed by atoms with Gasteiger partial charge in [-0.2, -0.15) is 0 Å². The number of hydrogen-bond donors (Lipinski definition) is 2. The Morgan fingerprint density at radius 3 is 2.37 bits per heavy atom. The summed E-state index contributed by atoms with van der Waals surface area (Å²) < 4.78 is 0. The number of nitrogens with two attached hydrogens (primary N) is 1. The molecule has 3 N–H and O–H groups in total. The molecule has 2 aromatic carbocycles. The highest BCUT2D eigenvalue weighted by Crippen LogP contribution is 2.20. The number of rotatable bonds is 3. The van der Waals surface area contributed by atoms with E-state index in [0.29, 0.717) is 22.5 Å². The van der Waals surface area contributed by atoms with Crippen molar-refractivity contribution < 1.29 is 9.59 Å². The number of nitrogen functional groups attached to an aromatic ring is 1. The Kier molecular flexibility index (Phi) is 3.61. The predicted molar refractivity (Wildman–Crippen MR) is 75.3 cm³/mol. The zero-order chi connectivity index (χ0) is 13.8. The van der Waals surface area contributed by atoms with Crippen LogP contribution < -0.4 is 11.1 Å². The van der Waals surface area contributed by atoms with Crippen LogP contribution >= 0.6 is 0 Å². The molecule has 4 heteroatoms. The van der Waals surface area contributed by atoms with Crippen molar-refractivity contribution in [1.82, 2.24) is 0 Å². The smallest absolute Gasteiger partial charge is 0.255 e. The Hall–Kier alpha value is -2.62. The minimum Gasteiger partial charge on any atom is -0.399 e. The predicted octanol–water partition coefficient (Wildman–Crippen LogP) is 2.72. The molecule has 0 unspecified atom stereocenters. The molecule has 19 heavy (non-hydrogen) atoms. The highest BCUT2D eigenvalue weighted by Gasteiger charge is 2.11. The van der Waals surface area contributed by atoms with Crippen LogP contribution in [0.2, 0.25) is 0 Å². The third-order valence-electron chi connectivity index (χ3n) is 2.71. The maximum Gasteiger partial charge on any atom is 0.255 e. The Morgan fingerprint density at radius 1 is 1.05 bits per heavy atom. The van der Waals surface area contributed by atoms with Crippen LogP contribution in [0.5, 0.6) is 0 Å². The van der Waals surface area contributed by atoms with E-state index in [-0.39, 0.29) is 11.7 Å². The molecule has 0 atom stereocenters. The molecule has 0 bridgehead atoms. The van der Waals surface area contributed by atoms with E-state index in [0.717, 1.165) is 0 Å². The summed E-state index contributed by atoms with van der Waals surface area (Å²) >= 11 is 0. The molecule has 0 aromatic heterocycles. The van der Waals surface area contributed by atoms with Crippen LogP contribution in [-0.2, 0) is 0 Å². The van der Waals surface area contributed by atoms with E-state index in [4.69, 9.17) is 5.73 Å². The van der Waals surface area contributed by atoms with Gasteiger partial charge in [-0.15, -0.1) is 0 Å². The van der Waals surface area contributed by atoms with Gasteiger partial charge in [-0.05, 0) is 37.3 Å². The monoisotopic (exact) mass is 254 g/mol. The molecule has 0 aliphatic heterocycles. The molecule has 0 fully saturated rings. The van der Waals surface area contributed by atoms with E-state index >= 15 is 0 Å². The van der Waals surface area contributed by atoms with Crippen LogP contribution in [0.15, 0.2) is 48.5 Å². The highest BCUT2D eigenvalue weighted by atomic mass is 16.1. The van der Waals surface area contributed by atoms with Gasteiger partial charge >= 0.3 is 0 Å². The van der Waals surface area contributed by atoms with Crippen molar-refractivity contribution in [3.05, 3.63) is 59.7 Å². The summed E-state index contributed by atoms with van der Waals surface area (Å²) in [6.07, 6.45) is 0. The number of anilines is 2. The summed E-state index contributed by atoms with van der Waals surface area (Å²) in [6, 6.07) is 13.7. The Balaban J connectivity index is 2.29. The van der Waals surface area contributed by atoms with Crippen molar-refractivity contribution in [3.63, 3.8) is 0 Å². The SMILES string of the molecule is CC(=O)c1cc(N)ccc1NC(=O)c1ccccc1. The number of amides is 1. The number of carbonyl (C=O) groups excluding carboxylic acids is 2. The first-order valence-corrected chi connectivity index (χ1v) is 5.85. The van der Waals surface area contributed by atoms with Crippen LogP contribution in [0.4, 0.5) is 11.4 Å². The van der Waals surface area contributed by atoms with Crippen molar-refractivity contribution in [2.45, 2.75) is 6.92 Å². The molecule has 0 saturated heterocycles. The standard InChI is InChI=1S/C15H14N2O2/c1-10(18)13-9-12(16)7-8-14(13)17-15(19)11-5-3-2-4-6-11/h2-9H,16H2,1H3,(H,17,19). The van der Waals surface area contributed by atoms with Crippen LogP contribution in [0, 0.1) is 0 Å².